The second-order valence-electron chi connectivity index (χ2n) is 5.58. The lowest BCUT2D eigenvalue weighted by molar-refractivity contribution is -0.115. The van der Waals surface area contributed by atoms with E-state index in [1.54, 1.807) is 11.1 Å². The molecule has 1 amide bonds. The predicted molar refractivity (Wildman–Crippen MR) is 84.5 cm³/mol. The van der Waals surface area contributed by atoms with Crippen LogP contribution in [-0.4, -0.2) is 44.2 Å². The average Bonchev–Trinajstić information content (AvgIpc) is 3.13. The third-order valence-electron chi connectivity index (χ3n) is 3.95. The van der Waals surface area contributed by atoms with Crippen LogP contribution in [0.4, 0.5) is 0 Å². The molecule has 23 heavy (non-hydrogen) atoms. The summed E-state index contributed by atoms with van der Waals surface area (Å²) in [7, 11) is 1.49. The molecule has 3 aromatic rings. The molecule has 1 fully saturated rings. The molecule has 2 N–H and O–H groups in total. The highest BCUT2D eigenvalue weighted by Crippen LogP contribution is 2.32. The van der Waals surface area contributed by atoms with Crippen molar-refractivity contribution in [2.45, 2.75) is 19.4 Å². The Hall–Kier alpha value is -2.90. The van der Waals surface area contributed by atoms with E-state index in [9.17, 15) is 4.79 Å². The molecule has 0 saturated heterocycles. The highest BCUT2D eigenvalue weighted by atomic mass is 16.6. The van der Waals surface area contributed by atoms with Crippen molar-refractivity contribution in [1.29, 1.82) is 0 Å². The fraction of sp³-hybridized carbons (Fsp3) is 0.333. The van der Waals surface area contributed by atoms with E-state index in [0.717, 1.165) is 41.3 Å². The van der Waals surface area contributed by atoms with Crippen LogP contribution < -0.4 is 0 Å². The van der Waals surface area contributed by atoms with Gasteiger partial charge in [0.1, 0.15) is 24.1 Å². The number of aromatic nitrogens is 4. The van der Waals surface area contributed by atoms with Gasteiger partial charge in [-0.25, -0.2) is 9.97 Å². The number of carbonyl (C=O) groups is 1. The molecule has 0 bridgehead atoms. The molecular formula is C15H16N6O2. The quantitative estimate of drug-likeness (QED) is 0.324. The molecule has 0 radical (unpaired) electrons. The Morgan fingerprint density at radius 3 is 3.17 bits per heavy atom. The molecule has 0 aliphatic heterocycles. The summed E-state index contributed by atoms with van der Waals surface area (Å²) >= 11 is 0. The monoisotopic (exact) mass is 312 g/mol. The van der Waals surface area contributed by atoms with Crippen LogP contribution >= 0.6 is 0 Å². The summed E-state index contributed by atoms with van der Waals surface area (Å²) in [5, 5.41) is 4.96. The molecule has 118 valence electrons. The minimum absolute atomic E-state index is 0.294. The van der Waals surface area contributed by atoms with E-state index in [1.807, 2.05) is 12.3 Å². The van der Waals surface area contributed by atoms with Crippen LogP contribution in [0.3, 0.4) is 0 Å². The standard InChI is InChI=1S/C15H16N6O2/c1-23-20-15(9-2-3-9)21(8-22)7-12-18-11-6-17-14-10(4-5-16-14)13(11)19-12/h4-6,8-9H,2-3,7H2,1H3,(H,16,17)(H,18,19)/b20-15-. The highest BCUT2D eigenvalue weighted by Gasteiger charge is 2.32. The summed E-state index contributed by atoms with van der Waals surface area (Å²) in [5.74, 6) is 1.64. The van der Waals surface area contributed by atoms with E-state index >= 15 is 0 Å². The van der Waals surface area contributed by atoms with Crippen LogP contribution in [-0.2, 0) is 16.2 Å². The number of nitrogens with one attached hydrogen (secondary N) is 2. The van der Waals surface area contributed by atoms with Crippen molar-refractivity contribution in [1.82, 2.24) is 24.8 Å². The summed E-state index contributed by atoms with van der Waals surface area (Å²) < 4.78 is 0. The largest absolute Gasteiger partial charge is 0.398 e. The van der Waals surface area contributed by atoms with E-state index in [4.69, 9.17) is 4.84 Å². The maximum atomic E-state index is 11.5. The molecule has 8 heteroatoms. The van der Waals surface area contributed by atoms with Crippen molar-refractivity contribution < 1.29 is 9.63 Å². The number of hydrogen-bond acceptors (Lipinski definition) is 5. The third kappa shape index (κ3) is 2.41. The van der Waals surface area contributed by atoms with Crippen LogP contribution in [0.15, 0.2) is 23.6 Å². The minimum Gasteiger partial charge on any atom is -0.398 e. The van der Waals surface area contributed by atoms with Gasteiger partial charge in [-0.1, -0.05) is 5.16 Å². The number of fused-ring (bicyclic) bond motifs is 3. The maximum absolute atomic E-state index is 11.5. The van der Waals surface area contributed by atoms with Gasteiger partial charge in [0.25, 0.3) is 0 Å². The SMILES string of the molecule is CO/N=C(/C1CC1)N(C=O)Cc1nc2c(cnc3[nH]ccc32)[nH]1. The normalized spacial score (nSPS) is 15.3. The van der Waals surface area contributed by atoms with Gasteiger partial charge in [-0.2, -0.15) is 0 Å². The molecule has 8 nitrogen and oxygen atoms in total. The topological polar surface area (TPSA) is 99.3 Å². The Morgan fingerprint density at radius 1 is 1.57 bits per heavy atom. The summed E-state index contributed by atoms with van der Waals surface area (Å²) in [6.07, 6.45) is 6.40. The number of amidine groups is 1. The van der Waals surface area contributed by atoms with Crippen LogP contribution in [0.25, 0.3) is 22.1 Å². The first-order valence-electron chi connectivity index (χ1n) is 7.44. The first kappa shape index (κ1) is 13.7. The number of oxime groups is 1. The van der Waals surface area contributed by atoms with E-state index < -0.39 is 0 Å². The number of pyridine rings is 1. The number of H-pyrrole nitrogens is 2. The van der Waals surface area contributed by atoms with Gasteiger partial charge in [-0.15, -0.1) is 0 Å². The van der Waals surface area contributed by atoms with E-state index in [-0.39, 0.29) is 0 Å². The van der Waals surface area contributed by atoms with E-state index in [2.05, 4.69) is 25.1 Å². The molecule has 0 atom stereocenters. The third-order valence-corrected chi connectivity index (χ3v) is 3.95. The summed E-state index contributed by atoms with van der Waals surface area (Å²) in [4.78, 5) is 33.1. The molecule has 4 rings (SSSR count). The van der Waals surface area contributed by atoms with Crippen LogP contribution in [0.2, 0.25) is 0 Å². The van der Waals surface area contributed by atoms with Crippen molar-refractivity contribution >= 4 is 34.3 Å². The lowest BCUT2D eigenvalue weighted by Gasteiger charge is -2.17. The molecule has 1 saturated carbocycles. The molecule has 1 aliphatic carbocycles. The first-order valence-corrected chi connectivity index (χ1v) is 7.44. The zero-order valence-electron chi connectivity index (χ0n) is 12.6. The van der Waals surface area contributed by atoms with Crippen LogP contribution in [0, 0.1) is 5.92 Å². The van der Waals surface area contributed by atoms with Gasteiger partial charge in [0.2, 0.25) is 6.41 Å². The predicted octanol–water partition coefficient (Wildman–Crippen LogP) is 1.77. The summed E-state index contributed by atoms with van der Waals surface area (Å²) in [6.45, 7) is 0.322. The maximum Gasteiger partial charge on any atom is 0.215 e. The fourth-order valence-electron chi connectivity index (χ4n) is 2.73. The molecule has 0 spiro atoms. The van der Waals surface area contributed by atoms with Crippen molar-refractivity contribution in [3.05, 3.63) is 24.3 Å². The van der Waals surface area contributed by atoms with E-state index in [0.29, 0.717) is 24.1 Å². The molecule has 0 unspecified atom stereocenters. The molecular weight excluding hydrogens is 296 g/mol. The summed E-state index contributed by atoms with van der Waals surface area (Å²) in [6, 6.07) is 1.94. The van der Waals surface area contributed by atoms with Crippen molar-refractivity contribution in [2.75, 3.05) is 7.11 Å². The second kappa shape index (κ2) is 5.38. The number of hydrogen-bond donors (Lipinski definition) is 2. The average molecular weight is 312 g/mol. The van der Waals surface area contributed by atoms with Crippen molar-refractivity contribution in [3.63, 3.8) is 0 Å². The van der Waals surface area contributed by atoms with Gasteiger partial charge in [0, 0.05) is 17.5 Å². The molecule has 3 heterocycles. The zero-order valence-corrected chi connectivity index (χ0v) is 12.6. The lowest BCUT2D eigenvalue weighted by Crippen LogP contribution is -2.31. The fourth-order valence-corrected chi connectivity index (χ4v) is 2.73. The van der Waals surface area contributed by atoms with Crippen molar-refractivity contribution in [3.8, 4) is 0 Å². The minimum atomic E-state index is 0.294. The lowest BCUT2D eigenvalue weighted by atomic mass is 10.3. The number of imidazole rings is 1. The van der Waals surface area contributed by atoms with Crippen LogP contribution in [0.5, 0.6) is 0 Å². The molecule has 0 aromatic carbocycles. The number of rotatable bonds is 5. The smallest absolute Gasteiger partial charge is 0.215 e. The Kier molecular flexibility index (Phi) is 3.22. The Balaban J connectivity index is 1.68. The molecule has 1 aliphatic rings. The number of amides is 1. The second-order valence-corrected chi connectivity index (χ2v) is 5.58. The van der Waals surface area contributed by atoms with Gasteiger partial charge in [0.15, 0.2) is 5.84 Å². The summed E-state index contributed by atoms with van der Waals surface area (Å²) in [5.41, 5.74) is 2.48. The zero-order chi connectivity index (χ0) is 15.8. The highest BCUT2D eigenvalue weighted by molar-refractivity contribution is 6.00. The van der Waals surface area contributed by atoms with Crippen LogP contribution in [0.1, 0.15) is 18.7 Å². The Morgan fingerprint density at radius 2 is 2.43 bits per heavy atom. The van der Waals surface area contributed by atoms with Gasteiger partial charge in [-0.05, 0) is 18.9 Å². The van der Waals surface area contributed by atoms with E-state index in [1.165, 1.54) is 7.11 Å². The molecule has 3 aromatic heterocycles. The van der Waals surface area contributed by atoms with Gasteiger partial charge < -0.3 is 14.8 Å². The van der Waals surface area contributed by atoms with Gasteiger partial charge in [0.05, 0.1) is 18.3 Å². The Labute approximate surface area is 131 Å². The van der Waals surface area contributed by atoms with Gasteiger partial charge in [-0.3, -0.25) is 9.69 Å². The first-order chi connectivity index (χ1) is 11.3. The van der Waals surface area contributed by atoms with Gasteiger partial charge >= 0.3 is 0 Å². The number of aromatic amines is 2. The Bertz CT molecular complexity index is 892. The van der Waals surface area contributed by atoms with Crippen molar-refractivity contribution in [2.24, 2.45) is 11.1 Å². The number of carbonyl (C=O) groups excluding carboxylic acids is 1. The number of nitrogens with zero attached hydrogens (tertiary/aromatic N) is 4.